The third-order valence-corrected chi connectivity index (χ3v) is 5.39. The SMILES string of the molecule is CCc1nnc(N2CCN(C(=O)Cc3ccc(Cl)cc3)CC2)c(C#N)c1CC. The Labute approximate surface area is 170 Å². The van der Waals surface area contributed by atoms with E-state index < -0.39 is 0 Å². The van der Waals surface area contributed by atoms with Gasteiger partial charge in [-0.3, -0.25) is 4.79 Å². The lowest BCUT2D eigenvalue weighted by Gasteiger charge is -2.35. The van der Waals surface area contributed by atoms with Crippen LogP contribution in [0.1, 0.15) is 36.2 Å². The molecule has 1 aliphatic heterocycles. The fourth-order valence-electron chi connectivity index (χ4n) is 3.56. The molecule has 1 saturated heterocycles. The van der Waals surface area contributed by atoms with E-state index in [0.717, 1.165) is 29.7 Å². The predicted molar refractivity (Wildman–Crippen MR) is 109 cm³/mol. The molecule has 3 rings (SSSR count). The Bertz CT molecular complexity index is 883. The molecular formula is C21H24ClN5O. The molecule has 7 heteroatoms. The monoisotopic (exact) mass is 397 g/mol. The van der Waals surface area contributed by atoms with Gasteiger partial charge in [-0.2, -0.15) is 10.4 Å². The maximum absolute atomic E-state index is 12.6. The van der Waals surface area contributed by atoms with E-state index in [9.17, 15) is 10.1 Å². The standard InChI is InChI=1S/C21H24ClN5O/c1-3-17-18(14-23)21(25-24-19(17)4-2)27-11-9-26(10-12-27)20(28)13-15-5-7-16(22)8-6-15/h5-8H,3-4,9-13H2,1-2H3. The van der Waals surface area contributed by atoms with Crippen molar-refractivity contribution in [1.29, 1.82) is 5.26 Å². The Hall–Kier alpha value is -2.65. The number of rotatable bonds is 5. The van der Waals surface area contributed by atoms with E-state index in [-0.39, 0.29) is 5.91 Å². The van der Waals surface area contributed by atoms with Crippen molar-refractivity contribution in [1.82, 2.24) is 15.1 Å². The van der Waals surface area contributed by atoms with Crippen LogP contribution >= 0.6 is 11.6 Å². The van der Waals surface area contributed by atoms with Gasteiger partial charge in [0, 0.05) is 31.2 Å². The first-order valence-corrected chi connectivity index (χ1v) is 10.0. The number of anilines is 1. The lowest BCUT2D eigenvalue weighted by molar-refractivity contribution is -0.130. The van der Waals surface area contributed by atoms with Crippen LogP contribution in [0.15, 0.2) is 24.3 Å². The van der Waals surface area contributed by atoms with Crippen molar-refractivity contribution in [2.45, 2.75) is 33.1 Å². The normalized spacial score (nSPS) is 14.1. The number of nitrogens with zero attached hydrogens (tertiary/aromatic N) is 5. The number of aryl methyl sites for hydroxylation is 1. The molecule has 0 radical (unpaired) electrons. The minimum absolute atomic E-state index is 0.101. The highest BCUT2D eigenvalue weighted by Gasteiger charge is 2.25. The van der Waals surface area contributed by atoms with Gasteiger partial charge in [0.05, 0.1) is 12.1 Å². The van der Waals surface area contributed by atoms with Crippen LogP contribution in [-0.4, -0.2) is 47.2 Å². The molecule has 1 amide bonds. The highest BCUT2D eigenvalue weighted by molar-refractivity contribution is 6.30. The first-order valence-electron chi connectivity index (χ1n) is 9.63. The summed E-state index contributed by atoms with van der Waals surface area (Å²) >= 11 is 5.90. The number of benzene rings is 1. The van der Waals surface area contributed by atoms with Gasteiger partial charge in [0.1, 0.15) is 11.6 Å². The lowest BCUT2D eigenvalue weighted by atomic mass is 10.0. The van der Waals surface area contributed by atoms with E-state index in [4.69, 9.17) is 11.6 Å². The zero-order valence-corrected chi connectivity index (χ0v) is 17.0. The largest absolute Gasteiger partial charge is 0.350 e. The van der Waals surface area contributed by atoms with Gasteiger partial charge in [0.2, 0.25) is 5.91 Å². The molecule has 0 aliphatic carbocycles. The maximum atomic E-state index is 12.6. The Morgan fingerprint density at radius 3 is 2.36 bits per heavy atom. The molecule has 6 nitrogen and oxygen atoms in total. The van der Waals surface area contributed by atoms with Gasteiger partial charge in [-0.25, -0.2) is 0 Å². The van der Waals surface area contributed by atoms with Crippen LogP contribution in [0.25, 0.3) is 0 Å². The summed E-state index contributed by atoms with van der Waals surface area (Å²) in [6.45, 7) is 6.56. The van der Waals surface area contributed by atoms with E-state index in [0.29, 0.717) is 49.0 Å². The lowest BCUT2D eigenvalue weighted by Crippen LogP contribution is -2.49. The molecule has 146 valence electrons. The van der Waals surface area contributed by atoms with Crippen LogP contribution in [0.3, 0.4) is 0 Å². The number of nitriles is 1. The Balaban J connectivity index is 1.68. The van der Waals surface area contributed by atoms with Crippen LogP contribution in [0.5, 0.6) is 0 Å². The van der Waals surface area contributed by atoms with Crippen LogP contribution in [-0.2, 0) is 24.1 Å². The molecule has 28 heavy (non-hydrogen) atoms. The van der Waals surface area contributed by atoms with E-state index in [1.54, 1.807) is 12.1 Å². The van der Waals surface area contributed by atoms with E-state index in [1.807, 2.05) is 30.9 Å². The highest BCUT2D eigenvalue weighted by atomic mass is 35.5. The van der Waals surface area contributed by atoms with Crippen molar-refractivity contribution in [3.05, 3.63) is 51.7 Å². The minimum Gasteiger partial charge on any atom is -0.350 e. The maximum Gasteiger partial charge on any atom is 0.227 e. The first-order chi connectivity index (χ1) is 13.6. The minimum atomic E-state index is 0.101. The number of hydrogen-bond donors (Lipinski definition) is 0. The average Bonchev–Trinajstić information content (AvgIpc) is 2.74. The number of carbonyl (C=O) groups excluding carboxylic acids is 1. The summed E-state index contributed by atoms with van der Waals surface area (Å²) in [6.07, 6.45) is 1.89. The molecule has 2 heterocycles. The van der Waals surface area contributed by atoms with Crippen molar-refractivity contribution < 1.29 is 4.79 Å². The number of halogens is 1. The topological polar surface area (TPSA) is 73.1 Å². The molecule has 0 spiro atoms. The first kappa shape index (κ1) is 20.1. The molecule has 1 aromatic carbocycles. The van der Waals surface area contributed by atoms with Gasteiger partial charge >= 0.3 is 0 Å². The summed E-state index contributed by atoms with van der Waals surface area (Å²) in [5.41, 5.74) is 3.45. The van der Waals surface area contributed by atoms with Gasteiger partial charge in [0.25, 0.3) is 0 Å². The molecule has 0 atom stereocenters. The molecule has 1 fully saturated rings. The smallest absolute Gasteiger partial charge is 0.227 e. The van der Waals surface area contributed by atoms with Crippen molar-refractivity contribution in [2.24, 2.45) is 0 Å². The zero-order chi connectivity index (χ0) is 20.1. The molecule has 1 aliphatic rings. The van der Waals surface area contributed by atoms with E-state index in [1.165, 1.54) is 0 Å². The number of amides is 1. The summed E-state index contributed by atoms with van der Waals surface area (Å²) in [6, 6.07) is 9.69. The van der Waals surface area contributed by atoms with Crippen LogP contribution < -0.4 is 4.90 Å². The molecular weight excluding hydrogens is 374 g/mol. The second-order valence-electron chi connectivity index (χ2n) is 6.81. The summed E-state index contributed by atoms with van der Waals surface area (Å²) in [5, 5.41) is 19.0. The third-order valence-electron chi connectivity index (χ3n) is 5.14. The summed E-state index contributed by atoms with van der Waals surface area (Å²) in [5.74, 6) is 0.741. The third kappa shape index (κ3) is 4.26. The highest BCUT2D eigenvalue weighted by Crippen LogP contribution is 2.24. The predicted octanol–water partition coefficient (Wildman–Crippen LogP) is 3.02. The Morgan fingerprint density at radius 1 is 1.11 bits per heavy atom. The molecule has 0 bridgehead atoms. The van der Waals surface area contributed by atoms with Crippen LogP contribution in [0.2, 0.25) is 5.02 Å². The van der Waals surface area contributed by atoms with Crippen LogP contribution in [0.4, 0.5) is 5.82 Å². The van der Waals surface area contributed by atoms with E-state index >= 15 is 0 Å². The Morgan fingerprint density at radius 2 is 1.79 bits per heavy atom. The van der Waals surface area contributed by atoms with Gasteiger partial charge in [0.15, 0.2) is 5.82 Å². The number of hydrogen-bond acceptors (Lipinski definition) is 5. The average molecular weight is 398 g/mol. The second-order valence-corrected chi connectivity index (χ2v) is 7.25. The van der Waals surface area contributed by atoms with Gasteiger partial charge in [-0.15, -0.1) is 5.10 Å². The number of carbonyl (C=O) groups is 1. The molecule has 0 saturated carbocycles. The van der Waals surface area contributed by atoms with E-state index in [2.05, 4.69) is 21.2 Å². The van der Waals surface area contributed by atoms with Crippen molar-refractivity contribution >= 4 is 23.3 Å². The quantitative estimate of drug-likeness (QED) is 0.775. The molecule has 2 aromatic rings. The molecule has 0 unspecified atom stereocenters. The molecule has 0 N–H and O–H groups in total. The number of piperazine rings is 1. The van der Waals surface area contributed by atoms with Gasteiger partial charge in [-0.05, 0) is 36.1 Å². The van der Waals surface area contributed by atoms with Crippen molar-refractivity contribution in [3.8, 4) is 6.07 Å². The van der Waals surface area contributed by atoms with Gasteiger partial charge < -0.3 is 9.80 Å². The summed E-state index contributed by atoms with van der Waals surface area (Å²) in [4.78, 5) is 16.5. The summed E-state index contributed by atoms with van der Waals surface area (Å²) in [7, 11) is 0. The zero-order valence-electron chi connectivity index (χ0n) is 16.3. The van der Waals surface area contributed by atoms with Gasteiger partial charge in [-0.1, -0.05) is 37.6 Å². The van der Waals surface area contributed by atoms with Crippen molar-refractivity contribution in [2.75, 3.05) is 31.1 Å². The number of aromatic nitrogens is 2. The summed E-state index contributed by atoms with van der Waals surface area (Å²) < 4.78 is 0. The van der Waals surface area contributed by atoms with Crippen LogP contribution in [0, 0.1) is 11.3 Å². The fraction of sp³-hybridized carbons (Fsp3) is 0.429. The molecule has 1 aromatic heterocycles. The van der Waals surface area contributed by atoms with Crippen molar-refractivity contribution in [3.63, 3.8) is 0 Å². The fourth-order valence-corrected chi connectivity index (χ4v) is 3.68. The second kappa shape index (κ2) is 9.03. The Kier molecular flexibility index (Phi) is 6.48.